The Morgan fingerprint density at radius 2 is 1.86 bits per heavy atom. The predicted octanol–water partition coefficient (Wildman–Crippen LogP) is 3.64. The van der Waals surface area contributed by atoms with Crippen LogP contribution in [0.25, 0.3) is 10.2 Å². The van der Waals surface area contributed by atoms with E-state index < -0.39 is 0 Å². The lowest BCUT2D eigenvalue weighted by atomic mass is 10.3. The van der Waals surface area contributed by atoms with Gasteiger partial charge in [-0.3, -0.25) is 0 Å². The summed E-state index contributed by atoms with van der Waals surface area (Å²) in [6.45, 7) is 2.89. The summed E-state index contributed by atoms with van der Waals surface area (Å²) >= 11 is 1.63. The SMILES string of the molecule is Cc1nc2cc(OCCOc3ccccc3)c(N)cc2s1. The molecule has 1 aromatic heterocycles. The average Bonchev–Trinajstić information content (AvgIpc) is 2.83. The van der Waals surface area contributed by atoms with Crippen molar-refractivity contribution in [3.8, 4) is 11.5 Å². The number of anilines is 1. The topological polar surface area (TPSA) is 57.4 Å². The Labute approximate surface area is 127 Å². The Morgan fingerprint density at radius 3 is 2.67 bits per heavy atom. The van der Waals surface area contributed by atoms with Gasteiger partial charge in [-0.2, -0.15) is 0 Å². The van der Waals surface area contributed by atoms with Gasteiger partial charge in [0.05, 0.1) is 20.9 Å². The van der Waals surface area contributed by atoms with E-state index in [1.54, 1.807) is 11.3 Å². The highest BCUT2D eigenvalue weighted by Gasteiger charge is 2.07. The van der Waals surface area contributed by atoms with Crippen LogP contribution < -0.4 is 15.2 Å². The summed E-state index contributed by atoms with van der Waals surface area (Å²) < 4.78 is 12.4. The fourth-order valence-electron chi connectivity index (χ4n) is 2.04. The number of rotatable bonds is 5. The molecule has 5 heteroatoms. The highest BCUT2D eigenvalue weighted by atomic mass is 32.1. The highest BCUT2D eigenvalue weighted by Crippen LogP contribution is 2.31. The molecule has 0 aliphatic carbocycles. The largest absolute Gasteiger partial charge is 0.490 e. The normalized spacial score (nSPS) is 10.7. The second kappa shape index (κ2) is 6.01. The molecule has 0 fully saturated rings. The van der Waals surface area contributed by atoms with E-state index in [0.29, 0.717) is 24.7 Å². The van der Waals surface area contributed by atoms with Gasteiger partial charge >= 0.3 is 0 Å². The van der Waals surface area contributed by atoms with Crippen LogP contribution in [-0.4, -0.2) is 18.2 Å². The number of thiazole rings is 1. The minimum atomic E-state index is 0.438. The number of benzene rings is 2. The molecule has 108 valence electrons. The molecule has 0 spiro atoms. The van der Waals surface area contributed by atoms with Gasteiger partial charge in [-0.1, -0.05) is 18.2 Å². The lowest BCUT2D eigenvalue weighted by Crippen LogP contribution is -2.09. The number of hydrogen-bond acceptors (Lipinski definition) is 5. The van der Waals surface area contributed by atoms with Crippen LogP contribution in [0.5, 0.6) is 11.5 Å². The van der Waals surface area contributed by atoms with Crippen molar-refractivity contribution in [2.45, 2.75) is 6.92 Å². The third kappa shape index (κ3) is 3.25. The molecule has 3 aromatic rings. The Hall–Kier alpha value is -2.27. The third-order valence-corrected chi connectivity index (χ3v) is 3.91. The molecule has 2 aromatic carbocycles. The first kappa shape index (κ1) is 13.7. The van der Waals surface area contributed by atoms with E-state index >= 15 is 0 Å². The van der Waals surface area contributed by atoms with Gasteiger partial charge in [0.1, 0.15) is 24.7 Å². The predicted molar refractivity (Wildman–Crippen MR) is 86.2 cm³/mol. The summed E-state index contributed by atoms with van der Waals surface area (Å²) in [5, 5.41) is 1.02. The molecule has 0 aliphatic heterocycles. The molecule has 0 saturated heterocycles. The summed E-state index contributed by atoms with van der Waals surface area (Å²) in [6, 6.07) is 13.5. The van der Waals surface area contributed by atoms with Gasteiger partial charge in [-0.25, -0.2) is 4.98 Å². The standard InChI is InChI=1S/C16H16N2O2S/c1-11-18-14-10-15(13(17)9-16(14)21-11)20-8-7-19-12-5-3-2-4-6-12/h2-6,9-10H,7-8,17H2,1H3. The lowest BCUT2D eigenvalue weighted by molar-refractivity contribution is 0.218. The molecule has 4 nitrogen and oxygen atoms in total. The minimum absolute atomic E-state index is 0.438. The molecule has 0 aliphatic rings. The zero-order valence-corrected chi connectivity index (χ0v) is 12.5. The van der Waals surface area contributed by atoms with Crippen molar-refractivity contribution < 1.29 is 9.47 Å². The summed E-state index contributed by atoms with van der Waals surface area (Å²) in [6.07, 6.45) is 0. The van der Waals surface area contributed by atoms with Crippen molar-refractivity contribution in [1.82, 2.24) is 4.98 Å². The Bertz CT molecular complexity index is 741. The fourth-order valence-corrected chi connectivity index (χ4v) is 2.90. The van der Waals surface area contributed by atoms with Gasteiger partial charge < -0.3 is 15.2 Å². The van der Waals surface area contributed by atoms with E-state index in [1.807, 2.05) is 49.4 Å². The van der Waals surface area contributed by atoms with E-state index in [2.05, 4.69) is 4.98 Å². The van der Waals surface area contributed by atoms with Crippen molar-refractivity contribution in [1.29, 1.82) is 0 Å². The summed E-state index contributed by atoms with van der Waals surface area (Å²) in [5.41, 5.74) is 7.55. The summed E-state index contributed by atoms with van der Waals surface area (Å²) in [5.74, 6) is 1.49. The van der Waals surface area contributed by atoms with Crippen molar-refractivity contribution in [3.05, 3.63) is 47.5 Å². The van der Waals surface area contributed by atoms with Crippen LogP contribution in [0, 0.1) is 6.92 Å². The number of nitrogen functional groups attached to an aromatic ring is 1. The number of para-hydroxylation sites is 1. The van der Waals surface area contributed by atoms with Crippen LogP contribution in [-0.2, 0) is 0 Å². The molecular formula is C16H16N2O2S. The number of fused-ring (bicyclic) bond motifs is 1. The minimum Gasteiger partial charge on any atom is -0.490 e. The van der Waals surface area contributed by atoms with Crippen LogP contribution in [0.4, 0.5) is 5.69 Å². The molecule has 0 radical (unpaired) electrons. The first-order valence-corrected chi connectivity index (χ1v) is 7.51. The molecule has 21 heavy (non-hydrogen) atoms. The maximum Gasteiger partial charge on any atom is 0.144 e. The van der Waals surface area contributed by atoms with Gasteiger partial charge in [0.25, 0.3) is 0 Å². The van der Waals surface area contributed by atoms with Crippen molar-refractivity contribution in [2.24, 2.45) is 0 Å². The maximum atomic E-state index is 6.00. The molecule has 0 bridgehead atoms. The number of aromatic nitrogens is 1. The quantitative estimate of drug-likeness (QED) is 0.577. The zero-order valence-electron chi connectivity index (χ0n) is 11.7. The first-order chi connectivity index (χ1) is 10.2. The molecule has 0 amide bonds. The van der Waals surface area contributed by atoms with E-state index in [4.69, 9.17) is 15.2 Å². The summed E-state index contributed by atoms with van der Waals surface area (Å²) in [4.78, 5) is 4.44. The smallest absolute Gasteiger partial charge is 0.144 e. The summed E-state index contributed by atoms with van der Waals surface area (Å²) in [7, 11) is 0. The van der Waals surface area contributed by atoms with E-state index in [-0.39, 0.29) is 0 Å². The van der Waals surface area contributed by atoms with Gasteiger partial charge in [-0.05, 0) is 25.1 Å². The second-order valence-corrected chi connectivity index (χ2v) is 5.84. The third-order valence-electron chi connectivity index (χ3n) is 2.98. The van der Waals surface area contributed by atoms with Gasteiger partial charge in [-0.15, -0.1) is 11.3 Å². The monoisotopic (exact) mass is 300 g/mol. The molecule has 0 saturated carbocycles. The van der Waals surface area contributed by atoms with E-state index in [0.717, 1.165) is 21.0 Å². The molecule has 2 N–H and O–H groups in total. The van der Waals surface area contributed by atoms with Gasteiger partial charge in [0, 0.05) is 6.07 Å². The number of nitrogens with two attached hydrogens (primary N) is 1. The van der Waals surface area contributed by atoms with Gasteiger partial charge in [0.15, 0.2) is 0 Å². The zero-order chi connectivity index (χ0) is 14.7. The van der Waals surface area contributed by atoms with Crippen molar-refractivity contribution in [3.63, 3.8) is 0 Å². The number of nitrogens with zero attached hydrogens (tertiary/aromatic N) is 1. The number of hydrogen-bond donors (Lipinski definition) is 1. The number of ether oxygens (including phenoxy) is 2. The second-order valence-electron chi connectivity index (χ2n) is 4.60. The maximum absolute atomic E-state index is 6.00. The first-order valence-electron chi connectivity index (χ1n) is 6.70. The molecule has 1 heterocycles. The van der Waals surface area contributed by atoms with Crippen LogP contribution in [0.3, 0.4) is 0 Å². The Kier molecular flexibility index (Phi) is 3.92. The van der Waals surface area contributed by atoms with Crippen LogP contribution >= 0.6 is 11.3 Å². The number of aryl methyl sites for hydroxylation is 1. The highest BCUT2D eigenvalue weighted by molar-refractivity contribution is 7.18. The van der Waals surface area contributed by atoms with Crippen LogP contribution in [0.15, 0.2) is 42.5 Å². The average molecular weight is 300 g/mol. The lowest BCUT2D eigenvalue weighted by Gasteiger charge is -2.10. The van der Waals surface area contributed by atoms with Gasteiger partial charge in [0.2, 0.25) is 0 Å². The molecular weight excluding hydrogens is 284 g/mol. The van der Waals surface area contributed by atoms with Crippen LogP contribution in [0.1, 0.15) is 5.01 Å². The molecule has 0 atom stereocenters. The fraction of sp³-hybridized carbons (Fsp3) is 0.188. The molecule has 3 rings (SSSR count). The van der Waals surface area contributed by atoms with Crippen LogP contribution in [0.2, 0.25) is 0 Å². The van der Waals surface area contributed by atoms with E-state index in [1.165, 1.54) is 0 Å². The van der Waals surface area contributed by atoms with Crippen molar-refractivity contribution in [2.75, 3.05) is 18.9 Å². The molecule has 0 unspecified atom stereocenters. The Morgan fingerprint density at radius 1 is 1.10 bits per heavy atom. The van der Waals surface area contributed by atoms with E-state index in [9.17, 15) is 0 Å². The Balaban J connectivity index is 1.61. The van der Waals surface area contributed by atoms with Crippen molar-refractivity contribution >= 4 is 27.2 Å².